The van der Waals surface area contributed by atoms with Crippen molar-refractivity contribution in [2.24, 2.45) is 5.92 Å². The number of carbonyl (C=O) groups excluding carboxylic acids is 2. The van der Waals surface area contributed by atoms with E-state index in [0.29, 0.717) is 32.1 Å². The van der Waals surface area contributed by atoms with Crippen LogP contribution in [0.1, 0.15) is 34.6 Å². The molecule has 3 amide bonds. The Morgan fingerprint density at radius 2 is 1.62 bits per heavy atom. The largest absolute Gasteiger partial charge is 0.444 e. The first-order chi connectivity index (χ1) is 9.69. The Morgan fingerprint density at radius 1 is 1.10 bits per heavy atom. The number of urea groups is 1. The van der Waals surface area contributed by atoms with Crippen molar-refractivity contribution in [2.45, 2.75) is 40.2 Å². The molecule has 6 nitrogen and oxygen atoms in total. The van der Waals surface area contributed by atoms with Crippen LogP contribution in [0.5, 0.6) is 0 Å². The summed E-state index contributed by atoms with van der Waals surface area (Å²) in [4.78, 5) is 27.2. The molecule has 1 N–H and O–H groups in total. The number of amides is 3. The van der Waals surface area contributed by atoms with Gasteiger partial charge in [-0.3, -0.25) is 0 Å². The van der Waals surface area contributed by atoms with E-state index >= 15 is 0 Å². The van der Waals surface area contributed by atoms with Crippen LogP contribution in [0.2, 0.25) is 0 Å². The fraction of sp³-hybridized carbons (Fsp3) is 0.733. The quantitative estimate of drug-likeness (QED) is 0.851. The van der Waals surface area contributed by atoms with Crippen LogP contribution >= 0.6 is 0 Å². The maximum atomic E-state index is 11.9. The van der Waals surface area contributed by atoms with Gasteiger partial charge in [0.15, 0.2) is 0 Å². The third-order valence-corrected chi connectivity index (χ3v) is 2.91. The molecule has 1 heterocycles. The van der Waals surface area contributed by atoms with Crippen LogP contribution in [-0.2, 0) is 4.74 Å². The van der Waals surface area contributed by atoms with E-state index in [-0.39, 0.29) is 12.1 Å². The Hall–Kier alpha value is -1.72. The number of hydrogen-bond donors (Lipinski definition) is 1. The molecule has 1 rings (SSSR count). The third-order valence-electron chi connectivity index (χ3n) is 2.91. The zero-order valence-corrected chi connectivity index (χ0v) is 13.7. The van der Waals surface area contributed by atoms with Gasteiger partial charge in [-0.25, -0.2) is 9.59 Å². The molecule has 1 aliphatic heterocycles. The Labute approximate surface area is 127 Å². The molecule has 0 saturated carbocycles. The van der Waals surface area contributed by atoms with E-state index < -0.39 is 5.60 Å². The van der Waals surface area contributed by atoms with E-state index in [1.165, 1.54) is 0 Å². The number of carbonyl (C=O) groups is 2. The van der Waals surface area contributed by atoms with Crippen LogP contribution in [0.3, 0.4) is 0 Å². The van der Waals surface area contributed by atoms with Crippen LogP contribution in [-0.4, -0.2) is 53.7 Å². The van der Waals surface area contributed by atoms with Gasteiger partial charge in [0.2, 0.25) is 0 Å². The Bertz CT molecular complexity index is 391. The summed E-state index contributed by atoms with van der Waals surface area (Å²) >= 11 is 0. The van der Waals surface area contributed by atoms with Crippen LogP contribution in [0.25, 0.3) is 0 Å². The van der Waals surface area contributed by atoms with Crippen molar-refractivity contribution < 1.29 is 14.3 Å². The van der Waals surface area contributed by atoms with Gasteiger partial charge < -0.3 is 19.9 Å². The highest BCUT2D eigenvalue weighted by molar-refractivity contribution is 5.76. The fourth-order valence-corrected chi connectivity index (χ4v) is 1.82. The molecule has 0 aliphatic carbocycles. The molecule has 1 fully saturated rings. The first-order valence-electron chi connectivity index (χ1n) is 7.39. The van der Waals surface area contributed by atoms with Gasteiger partial charge in [0.25, 0.3) is 0 Å². The summed E-state index contributed by atoms with van der Waals surface area (Å²) in [5.74, 6) is 0.398. The number of nitrogens with zero attached hydrogens (tertiary/aromatic N) is 2. The lowest BCUT2D eigenvalue weighted by molar-refractivity contribution is 0.0171. The number of ether oxygens (including phenoxy) is 1. The second kappa shape index (κ2) is 7.33. The maximum absolute atomic E-state index is 11.9. The van der Waals surface area contributed by atoms with Crippen LogP contribution in [0, 0.1) is 5.92 Å². The molecule has 21 heavy (non-hydrogen) atoms. The van der Waals surface area contributed by atoms with Gasteiger partial charge in [-0.15, -0.1) is 0 Å². The SMILES string of the molecule is CC(C)/C=C/NC(=O)N1CCN(C(=O)OC(C)(C)C)CC1. The maximum Gasteiger partial charge on any atom is 0.410 e. The monoisotopic (exact) mass is 297 g/mol. The van der Waals surface area contributed by atoms with Crippen molar-refractivity contribution in [1.29, 1.82) is 0 Å². The number of piperazine rings is 1. The first kappa shape index (κ1) is 17.3. The molecule has 0 aromatic rings. The lowest BCUT2D eigenvalue weighted by Gasteiger charge is -2.35. The van der Waals surface area contributed by atoms with Crippen LogP contribution < -0.4 is 5.32 Å². The van der Waals surface area contributed by atoms with E-state index in [2.05, 4.69) is 5.32 Å². The standard InChI is InChI=1S/C15H27N3O3/c1-12(2)6-7-16-13(19)17-8-10-18(11-9-17)14(20)21-15(3,4)5/h6-7,12H,8-11H2,1-5H3,(H,16,19)/b7-6+. The van der Waals surface area contributed by atoms with Crippen molar-refractivity contribution in [3.8, 4) is 0 Å². The van der Waals surface area contributed by atoms with Crippen molar-refractivity contribution >= 4 is 12.1 Å². The van der Waals surface area contributed by atoms with Crippen LogP contribution in [0.4, 0.5) is 9.59 Å². The minimum Gasteiger partial charge on any atom is -0.444 e. The van der Waals surface area contributed by atoms with E-state index in [1.807, 2.05) is 40.7 Å². The average Bonchev–Trinajstić information content (AvgIpc) is 2.36. The highest BCUT2D eigenvalue weighted by atomic mass is 16.6. The summed E-state index contributed by atoms with van der Waals surface area (Å²) in [5.41, 5.74) is -0.493. The summed E-state index contributed by atoms with van der Waals surface area (Å²) < 4.78 is 5.32. The third kappa shape index (κ3) is 6.51. The fourth-order valence-electron chi connectivity index (χ4n) is 1.82. The van der Waals surface area contributed by atoms with E-state index in [9.17, 15) is 9.59 Å². The van der Waals surface area contributed by atoms with Gasteiger partial charge in [-0.05, 0) is 26.7 Å². The number of nitrogens with one attached hydrogen (secondary N) is 1. The predicted molar refractivity (Wildman–Crippen MR) is 81.9 cm³/mol. The summed E-state index contributed by atoms with van der Waals surface area (Å²) in [6, 6.07) is -0.129. The van der Waals surface area contributed by atoms with Gasteiger partial charge in [0, 0.05) is 32.4 Å². The lowest BCUT2D eigenvalue weighted by atomic mass is 10.2. The zero-order chi connectivity index (χ0) is 16.0. The predicted octanol–water partition coefficient (Wildman–Crippen LogP) is 2.42. The molecule has 0 atom stereocenters. The van der Waals surface area contributed by atoms with Crippen molar-refractivity contribution in [3.05, 3.63) is 12.3 Å². The molecule has 120 valence electrons. The molecule has 1 saturated heterocycles. The molecule has 0 spiro atoms. The smallest absolute Gasteiger partial charge is 0.410 e. The Kier molecular flexibility index (Phi) is 6.05. The molecule has 1 aliphatic rings. The zero-order valence-electron chi connectivity index (χ0n) is 13.7. The summed E-state index contributed by atoms with van der Waals surface area (Å²) in [6.07, 6.45) is 3.28. The van der Waals surface area contributed by atoms with Crippen molar-refractivity contribution in [2.75, 3.05) is 26.2 Å². The second-order valence-electron chi connectivity index (χ2n) is 6.51. The number of allylic oxidation sites excluding steroid dienone is 1. The van der Waals surface area contributed by atoms with E-state index in [4.69, 9.17) is 4.74 Å². The van der Waals surface area contributed by atoms with Gasteiger partial charge in [-0.2, -0.15) is 0 Å². The van der Waals surface area contributed by atoms with Gasteiger partial charge in [0.1, 0.15) is 5.60 Å². The van der Waals surface area contributed by atoms with E-state index in [1.54, 1.807) is 16.0 Å². The van der Waals surface area contributed by atoms with Crippen LogP contribution in [0.15, 0.2) is 12.3 Å². The molecule has 0 aromatic carbocycles. The normalized spacial score (nSPS) is 16.5. The average molecular weight is 297 g/mol. The molecule has 0 aromatic heterocycles. The minimum atomic E-state index is -0.493. The Morgan fingerprint density at radius 3 is 2.10 bits per heavy atom. The molecule has 0 radical (unpaired) electrons. The molecule has 6 heteroatoms. The van der Waals surface area contributed by atoms with Crippen molar-refractivity contribution in [1.82, 2.24) is 15.1 Å². The second-order valence-corrected chi connectivity index (χ2v) is 6.51. The number of hydrogen-bond acceptors (Lipinski definition) is 3. The Balaban J connectivity index is 2.38. The summed E-state index contributed by atoms with van der Waals surface area (Å²) in [7, 11) is 0. The lowest BCUT2D eigenvalue weighted by Crippen LogP contribution is -2.53. The topological polar surface area (TPSA) is 61.9 Å². The molecular formula is C15H27N3O3. The molecular weight excluding hydrogens is 270 g/mol. The summed E-state index contributed by atoms with van der Waals surface area (Å²) in [6.45, 7) is 11.6. The van der Waals surface area contributed by atoms with Gasteiger partial charge in [0.05, 0.1) is 0 Å². The summed E-state index contributed by atoms with van der Waals surface area (Å²) in [5, 5.41) is 2.74. The first-order valence-corrected chi connectivity index (χ1v) is 7.39. The van der Waals surface area contributed by atoms with Crippen molar-refractivity contribution in [3.63, 3.8) is 0 Å². The highest BCUT2D eigenvalue weighted by Crippen LogP contribution is 2.11. The van der Waals surface area contributed by atoms with E-state index in [0.717, 1.165) is 0 Å². The number of rotatable bonds is 2. The van der Waals surface area contributed by atoms with Gasteiger partial charge in [-0.1, -0.05) is 19.9 Å². The van der Waals surface area contributed by atoms with Gasteiger partial charge >= 0.3 is 12.1 Å². The minimum absolute atomic E-state index is 0.129. The molecule has 0 bridgehead atoms. The molecule has 0 unspecified atom stereocenters. The highest BCUT2D eigenvalue weighted by Gasteiger charge is 2.27.